The van der Waals surface area contributed by atoms with Crippen molar-refractivity contribution in [1.29, 1.82) is 0 Å². The molecule has 1 aromatic carbocycles. The Balaban J connectivity index is 2.26. The predicted molar refractivity (Wildman–Crippen MR) is 82.3 cm³/mol. The van der Waals surface area contributed by atoms with Gasteiger partial charge in [0.05, 0.1) is 5.92 Å². The van der Waals surface area contributed by atoms with Gasteiger partial charge in [0, 0.05) is 5.02 Å². The Hall–Kier alpha value is -1.02. The highest BCUT2D eigenvalue weighted by molar-refractivity contribution is 6.31. The van der Waals surface area contributed by atoms with Crippen molar-refractivity contribution >= 4 is 17.6 Å². The second-order valence-corrected chi connectivity index (χ2v) is 6.43. The zero-order valence-electron chi connectivity index (χ0n) is 12.2. The summed E-state index contributed by atoms with van der Waals surface area (Å²) in [4.78, 5) is 11.5. The van der Waals surface area contributed by atoms with Crippen molar-refractivity contribution in [2.24, 2.45) is 11.8 Å². The summed E-state index contributed by atoms with van der Waals surface area (Å²) in [5.74, 6) is -0.167. The highest BCUT2D eigenvalue weighted by atomic mass is 35.5. The maximum atomic E-state index is 11.5. The van der Waals surface area contributed by atoms with Gasteiger partial charge in [-0.15, -0.1) is 0 Å². The van der Waals surface area contributed by atoms with Gasteiger partial charge in [0.15, 0.2) is 0 Å². The average molecular weight is 295 g/mol. The molecule has 0 amide bonds. The predicted octanol–water partition coefficient (Wildman–Crippen LogP) is 5.03. The van der Waals surface area contributed by atoms with Crippen LogP contribution in [0.1, 0.15) is 56.1 Å². The summed E-state index contributed by atoms with van der Waals surface area (Å²) in [6, 6.07) is 6.02. The van der Waals surface area contributed by atoms with Gasteiger partial charge in [-0.2, -0.15) is 0 Å². The van der Waals surface area contributed by atoms with Crippen molar-refractivity contribution < 1.29 is 9.90 Å². The summed E-state index contributed by atoms with van der Waals surface area (Å²) < 4.78 is 0. The lowest BCUT2D eigenvalue weighted by Crippen LogP contribution is -2.29. The maximum Gasteiger partial charge on any atom is 0.307 e. The SMILES string of the molecule is CCCC1CCC(C(=O)O)C(c2ccc(C)c(Cl)c2)C1. The molecule has 2 nitrogen and oxygen atoms in total. The number of carbonyl (C=O) groups is 1. The fourth-order valence-corrected chi connectivity index (χ4v) is 3.62. The zero-order chi connectivity index (χ0) is 14.7. The topological polar surface area (TPSA) is 37.3 Å². The Kier molecular flexibility index (Phi) is 5.09. The lowest BCUT2D eigenvalue weighted by Gasteiger charge is -2.34. The van der Waals surface area contributed by atoms with E-state index in [2.05, 4.69) is 13.0 Å². The molecule has 0 bridgehead atoms. The zero-order valence-corrected chi connectivity index (χ0v) is 13.0. The van der Waals surface area contributed by atoms with E-state index in [0.717, 1.165) is 35.4 Å². The lowest BCUT2D eigenvalue weighted by atomic mass is 9.70. The Bertz CT molecular complexity index is 484. The number of hydrogen-bond donors (Lipinski definition) is 1. The fourth-order valence-electron chi connectivity index (χ4n) is 3.43. The van der Waals surface area contributed by atoms with Crippen LogP contribution in [-0.2, 0) is 4.79 Å². The molecule has 0 saturated heterocycles. The number of aryl methyl sites for hydroxylation is 1. The summed E-state index contributed by atoms with van der Waals surface area (Å²) in [5.41, 5.74) is 2.14. The third-order valence-corrected chi connectivity index (χ3v) is 5.00. The van der Waals surface area contributed by atoms with E-state index in [-0.39, 0.29) is 11.8 Å². The number of aliphatic carboxylic acids is 1. The molecule has 1 aromatic rings. The molecule has 1 N–H and O–H groups in total. The number of carboxylic acids is 1. The van der Waals surface area contributed by atoms with Crippen molar-refractivity contribution in [3.63, 3.8) is 0 Å². The molecule has 0 aromatic heterocycles. The Morgan fingerprint density at radius 1 is 1.40 bits per heavy atom. The Morgan fingerprint density at radius 3 is 2.75 bits per heavy atom. The minimum Gasteiger partial charge on any atom is -0.481 e. The van der Waals surface area contributed by atoms with E-state index in [0.29, 0.717) is 5.92 Å². The number of hydrogen-bond acceptors (Lipinski definition) is 1. The second-order valence-electron chi connectivity index (χ2n) is 6.03. The summed E-state index contributed by atoms with van der Waals surface area (Å²) in [5, 5.41) is 10.2. The molecule has 3 atom stereocenters. The van der Waals surface area contributed by atoms with Gasteiger partial charge >= 0.3 is 5.97 Å². The molecule has 0 aliphatic heterocycles. The Labute approximate surface area is 126 Å². The lowest BCUT2D eigenvalue weighted by molar-refractivity contribution is -0.143. The molecule has 1 aliphatic carbocycles. The monoisotopic (exact) mass is 294 g/mol. The third kappa shape index (κ3) is 3.35. The van der Waals surface area contributed by atoms with Crippen LogP contribution in [0.5, 0.6) is 0 Å². The van der Waals surface area contributed by atoms with E-state index in [1.54, 1.807) is 0 Å². The van der Waals surface area contributed by atoms with Crippen LogP contribution in [0.3, 0.4) is 0 Å². The number of carboxylic acid groups (broad SMARTS) is 1. The standard InChI is InChI=1S/C17H23ClO2/c1-3-4-12-6-8-14(17(19)20)15(9-12)13-7-5-11(2)16(18)10-13/h5,7,10,12,14-15H,3-4,6,8-9H2,1-2H3,(H,19,20). The van der Waals surface area contributed by atoms with Gasteiger partial charge in [-0.25, -0.2) is 0 Å². The van der Waals surface area contributed by atoms with Gasteiger partial charge in [0.25, 0.3) is 0 Å². The van der Waals surface area contributed by atoms with Crippen LogP contribution in [0.25, 0.3) is 0 Å². The van der Waals surface area contributed by atoms with Crippen molar-refractivity contribution in [3.8, 4) is 0 Å². The first kappa shape index (κ1) is 15.4. The van der Waals surface area contributed by atoms with Crippen LogP contribution in [0.2, 0.25) is 5.02 Å². The van der Waals surface area contributed by atoms with Crippen LogP contribution in [0.15, 0.2) is 18.2 Å². The first-order chi connectivity index (χ1) is 9.52. The van der Waals surface area contributed by atoms with Gasteiger partial charge in [0.1, 0.15) is 0 Å². The van der Waals surface area contributed by atoms with Crippen LogP contribution in [0.4, 0.5) is 0 Å². The van der Waals surface area contributed by atoms with E-state index in [4.69, 9.17) is 11.6 Å². The molecule has 0 heterocycles. The maximum absolute atomic E-state index is 11.5. The van der Waals surface area contributed by atoms with Gasteiger partial charge in [-0.1, -0.05) is 43.5 Å². The van der Waals surface area contributed by atoms with Gasteiger partial charge in [0.2, 0.25) is 0 Å². The normalized spacial score (nSPS) is 26.4. The van der Waals surface area contributed by atoms with Crippen LogP contribution >= 0.6 is 11.6 Å². The van der Waals surface area contributed by atoms with Gasteiger partial charge < -0.3 is 5.11 Å². The molecule has 3 unspecified atom stereocenters. The molecule has 2 rings (SSSR count). The first-order valence-electron chi connectivity index (χ1n) is 7.51. The van der Waals surface area contributed by atoms with Crippen molar-refractivity contribution in [2.75, 3.05) is 0 Å². The van der Waals surface area contributed by atoms with Crippen LogP contribution in [-0.4, -0.2) is 11.1 Å². The highest BCUT2D eigenvalue weighted by Crippen LogP contribution is 2.43. The Morgan fingerprint density at radius 2 is 2.15 bits per heavy atom. The molecular weight excluding hydrogens is 272 g/mol. The second kappa shape index (κ2) is 6.62. The summed E-state index contributed by atoms with van der Waals surface area (Å²) in [6.07, 6.45) is 5.17. The first-order valence-corrected chi connectivity index (χ1v) is 7.89. The van der Waals surface area contributed by atoms with E-state index in [9.17, 15) is 9.90 Å². The third-order valence-electron chi connectivity index (χ3n) is 4.60. The van der Waals surface area contributed by atoms with Crippen LogP contribution < -0.4 is 0 Å². The number of halogens is 1. The molecular formula is C17H23ClO2. The van der Waals surface area contributed by atoms with E-state index in [1.165, 1.54) is 12.8 Å². The van der Waals surface area contributed by atoms with Gasteiger partial charge in [-0.05, 0) is 55.2 Å². The molecule has 0 radical (unpaired) electrons. The molecule has 1 saturated carbocycles. The number of rotatable bonds is 4. The van der Waals surface area contributed by atoms with Crippen molar-refractivity contribution in [3.05, 3.63) is 34.3 Å². The molecule has 0 spiro atoms. The average Bonchev–Trinajstić information content (AvgIpc) is 2.42. The molecule has 110 valence electrons. The van der Waals surface area contributed by atoms with Crippen LogP contribution in [0, 0.1) is 18.8 Å². The minimum absolute atomic E-state index is 0.107. The smallest absolute Gasteiger partial charge is 0.307 e. The molecule has 1 fully saturated rings. The highest BCUT2D eigenvalue weighted by Gasteiger charge is 2.35. The van der Waals surface area contributed by atoms with Crippen molar-refractivity contribution in [1.82, 2.24) is 0 Å². The fraction of sp³-hybridized carbons (Fsp3) is 0.588. The van der Waals surface area contributed by atoms with E-state index >= 15 is 0 Å². The van der Waals surface area contributed by atoms with Gasteiger partial charge in [-0.3, -0.25) is 4.79 Å². The minimum atomic E-state index is -0.665. The van der Waals surface area contributed by atoms with Crippen molar-refractivity contribution in [2.45, 2.75) is 51.9 Å². The molecule has 3 heteroatoms. The molecule has 20 heavy (non-hydrogen) atoms. The van der Waals surface area contributed by atoms with E-state index < -0.39 is 5.97 Å². The summed E-state index contributed by atoms with van der Waals surface area (Å²) in [6.45, 7) is 4.17. The quantitative estimate of drug-likeness (QED) is 0.845. The number of benzene rings is 1. The largest absolute Gasteiger partial charge is 0.481 e. The summed E-state index contributed by atoms with van der Waals surface area (Å²) in [7, 11) is 0. The molecule has 1 aliphatic rings. The van der Waals surface area contributed by atoms with E-state index in [1.807, 2.05) is 19.1 Å². The summed E-state index contributed by atoms with van der Waals surface area (Å²) >= 11 is 6.21.